The average molecular weight is 442 g/mol. The second kappa shape index (κ2) is 8.51. The van der Waals surface area contributed by atoms with Gasteiger partial charge in [0.25, 0.3) is 5.91 Å². The fourth-order valence-corrected chi connectivity index (χ4v) is 4.31. The van der Waals surface area contributed by atoms with E-state index in [1.54, 1.807) is 30.3 Å². The number of H-pyrrole nitrogens is 1. The first kappa shape index (κ1) is 22.2. The number of hydrogen-bond acceptors (Lipinski definition) is 7. The fourth-order valence-electron chi connectivity index (χ4n) is 4.31. The molecule has 1 aromatic carbocycles. The van der Waals surface area contributed by atoms with Crippen LogP contribution in [0, 0.1) is 19.8 Å². The lowest BCUT2D eigenvalue weighted by Crippen LogP contribution is -2.54. The van der Waals surface area contributed by atoms with E-state index < -0.39 is 42.3 Å². The van der Waals surface area contributed by atoms with E-state index in [9.17, 15) is 30.0 Å². The molecule has 0 bridgehead atoms. The summed E-state index contributed by atoms with van der Waals surface area (Å²) in [5, 5.41) is 39.5. The number of benzene rings is 1. The smallest absolute Gasteiger partial charge is 0.421 e. The quantitative estimate of drug-likeness (QED) is 0.448. The number of para-hydroxylation sites is 1. The van der Waals surface area contributed by atoms with Gasteiger partial charge in [0.05, 0.1) is 30.1 Å². The molecule has 5 N–H and O–H groups in total. The maximum Gasteiger partial charge on any atom is 0.421 e. The van der Waals surface area contributed by atoms with E-state index in [1.165, 1.54) is 0 Å². The van der Waals surface area contributed by atoms with Crippen LogP contribution in [0.4, 0.5) is 10.5 Å². The molecule has 9 heteroatoms. The van der Waals surface area contributed by atoms with Crippen LogP contribution in [0.25, 0.3) is 11.6 Å². The second-order valence-electron chi connectivity index (χ2n) is 8.38. The Morgan fingerprint density at radius 1 is 1.16 bits per heavy atom. The number of rotatable bonds is 3. The molecule has 2 aliphatic rings. The zero-order valence-corrected chi connectivity index (χ0v) is 17.7. The molecule has 9 nitrogen and oxygen atoms in total. The van der Waals surface area contributed by atoms with E-state index in [1.807, 2.05) is 19.9 Å². The number of amides is 2. The van der Waals surface area contributed by atoms with E-state index >= 15 is 0 Å². The third kappa shape index (κ3) is 3.84. The van der Waals surface area contributed by atoms with Gasteiger partial charge in [-0.1, -0.05) is 18.2 Å². The van der Waals surface area contributed by atoms with Crippen LogP contribution in [0.1, 0.15) is 28.9 Å². The number of ether oxygens (including phenoxy) is 1. The largest absolute Gasteiger partial charge is 0.448 e. The Bertz CT molecular complexity index is 1080. The van der Waals surface area contributed by atoms with Crippen LogP contribution >= 0.6 is 0 Å². The Kier molecular flexibility index (Phi) is 5.91. The van der Waals surface area contributed by atoms with Gasteiger partial charge in [0.1, 0.15) is 12.2 Å². The summed E-state index contributed by atoms with van der Waals surface area (Å²) in [7, 11) is 0. The van der Waals surface area contributed by atoms with Gasteiger partial charge in [0, 0.05) is 22.9 Å². The van der Waals surface area contributed by atoms with Gasteiger partial charge in [-0.15, -0.1) is 0 Å². The number of imide groups is 1. The van der Waals surface area contributed by atoms with Crippen LogP contribution in [-0.2, 0) is 9.53 Å². The lowest BCUT2D eigenvalue weighted by molar-refractivity contribution is -0.163. The monoisotopic (exact) mass is 442 g/mol. The molecule has 1 aliphatic carbocycles. The molecule has 5 atom stereocenters. The second-order valence-corrected chi connectivity index (χ2v) is 8.38. The highest BCUT2D eigenvalue weighted by Gasteiger charge is 2.43. The zero-order valence-electron chi connectivity index (χ0n) is 17.7. The first-order valence-corrected chi connectivity index (χ1v) is 10.4. The molecule has 1 unspecified atom stereocenters. The van der Waals surface area contributed by atoms with Gasteiger partial charge in [-0.2, -0.15) is 0 Å². The number of aryl methyl sites for hydroxylation is 2. The summed E-state index contributed by atoms with van der Waals surface area (Å²) in [6.45, 7) is 3.50. The highest BCUT2D eigenvalue weighted by molar-refractivity contribution is 6.41. The Hall–Kier alpha value is -2.98. The van der Waals surface area contributed by atoms with Crippen molar-refractivity contribution in [3.8, 4) is 0 Å². The summed E-state index contributed by atoms with van der Waals surface area (Å²) in [4.78, 5) is 30.2. The topological polar surface area (TPSA) is 143 Å². The van der Waals surface area contributed by atoms with E-state index in [2.05, 4.69) is 4.98 Å². The highest BCUT2D eigenvalue weighted by Crippen LogP contribution is 2.38. The van der Waals surface area contributed by atoms with Gasteiger partial charge in [-0.3, -0.25) is 4.79 Å². The maximum atomic E-state index is 13.2. The molecule has 1 saturated carbocycles. The minimum absolute atomic E-state index is 0.0617. The summed E-state index contributed by atoms with van der Waals surface area (Å²) in [6.07, 6.45) is -4.95. The minimum atomic E-state index is -1.56. The van der Waals surface area contributed by atoms with Crippen LogP contribution in [0.5, 0.6) is 0 Å². The van der Waals surface area contributed by atoms with Crippen molar-refractivity contribution in [1.82, 2.24) is 4.98 Å². The number of aromatic amines is 1. The number of carbonyl (C=O) groups excluding carboxylic acids is 2. The Labute approximate surface area is 184 Å². The highest BCUT2D eigenvalue weighted by atomic mass is 16.6. The van der Waals surface area contributed by atoms with Crippen molar-refractivity contribution in [2.24, 2.45) is 5.92 Å². The molecular weight excluding hydrogens is 416 g/mol. The molecule has 2 heterocycles. The van der Waals surface area contributed by atoms with E-state index in [0.717, 1.165) is 21.9 Å². The van der Waals surface area contributed by atoms with Crippen molar-refractivity contribution >= 4 is 29.3 Å². The van der Waals surface area contributed by atoms with Gasteiger partial charge < -0.3 is 30.1 Å². The summed E-state index contributed by atoms with van der Waals surface area (Å²) < 4.78 is 5.29. The first-order chi connectivity index (χ1) is 15.2. The first-order valence-electron chi connectivity index (χ1n) is 10.4. The molecule has 1 fully saturated rings. The molecule has 2 aromatic rings. The van der Waals surface area contributed by atoms with Crippen LogP contribution < -0.4 is 4.90 Å². The van der Waals surface area contributed by atoms with Gasteiger partial charge in [0.15, 0.2) is 0 Å². The summed E-state index contributed by atoms with van der Waals surface area (Å²) in [5.41, 5.74) is 4.00. The lowest BCUT2D eigenvalue weighted by atomic mass is 9.81. The van der Waals surface area contributed by atoms with Crippen LogP contribution in [0.3, 0.4) is 0 Å². The number of fused-ring (bicyclic) bond motifs is 1. The van der Waals surface area contributed by atoms with Crippen LogP contribution in [0.2, 0.25) is 0 Å². The lowest BCUT2D eigenvalue weighted by Gasteiger charge is -2.38. The number of aromatic nitrogens is 1. The predicted octanol–water partition coefficient (Wildman–Crippen LogP) is 1.12. The van der Waals surface area contributed by atoms with Crippen molar-refractivity contribution < 1.29 is 34.8 Å². The van der Waals surface area contributed by atoms with Gasteiger partial charge >= 0.3 is 6.09 Å². The van der Waals surface area contributed by atoms with Gasteiger partial charge in [0.2, 0.25) is 0 Å². The Balaban J connectivity index is 1.55. The molecule has 0 radical (unpaired) electrons. The van der Waals surface area contributed by atoms with Gasteiger partial charge in [-0.05, 0) is 44.0 Å². The van der Waals surface area contributed by atoms with E-state index in [-0.39, 0.29) is 13.0 Å². The number of aliphatic hydroxyl groups is 4. The zero-order chi connectivity index (χ0) is 23.2. The third-order valence-electron chi connectivity index (χ3n) is 6.07. The van der Waals surface area contributed by atoms with Crippen LogP contribution in [0.15, 0.2) is 30.3 Å². The molecule has 0 saturated heterocycles. The Morgan fingerprint density at radius 2 is 1.88 bits per heavy atom. The van der Waals surface area contributed by atoms with Gasteiger partial charge in [-0.25, -0.2) is 9.69 Å². The standard InChI is InChI=1S/C23H26N2O7/c1-11-7-12(2)24-16(11)9-15-14-5-3-4-6-17(14)25(22(15)30)23(31)32-10-13-8-18(26)20(28)21(29)19(13)27/h3-7,9,13,18-21,24,26-29H,8,10H2,1-2H3/b15-9-/t13?,18-,19+,20+,21+/m1/s1. The number of nitrogens with one attached hydrogen (secondary N) is 1. The molecule has 4 rings (SSSR count). The molecule has 2 amide bonds. The van der Waals surface area contributed by atoms with Crippen molar-refractivity contribution in [1.29, 1.82) is 0 Å². The summed E-state index contributed by atoms with van der Waals surface area (Å²) >= 11 is 0. The molecule has 1 aromatic heterocycles. The molecule has 0 spiro atoms. The number of anilines is 1. The molecular formula is C23H26N2O7. The number of carbonyl (C=O) groups is 2. The van der Waals surface area contributed by atoms with Crippen molar-refractivity contribution in [3.05, 3.63) is 52.8 Å². The SMILES string of the molecule is Cc1cc(C)c(/C=C2\C(=O)N(C(=O)OCC3C[C@@H](O)[C@H](O)[C@@H](O)[C@H]3O)c3ccccc32)[nH]1. The number of aliphatic hydroxyl groups excluding tert-OH is 4. The maximum absolute atomic E-state index is 13.2. The summed E-state index contributed by atoms with van der Waals surface area (Å²) in [5.74, 6) is -1.33. The number of nitrogens with zero attached hydrogens (tertiary/aromatic N) is 1. The van der Waals surface area contributed by atoms with Crippen LogP contribution in [-0.4, -0.2) is 68.4 Å². The predicted molar refractivity (Wildman–Crippen MR) is 116 cm³/mol. The fraction of sp³-hybridized carbons (Fsp3) is 0.391. The normalized spacial score (nSPS) is 28.8. The van der Waals surface area contributed by atoms with E-state index in [0.29, 0.717) is 16.8 Å². The third-order valence-corrected chi connectivity index (χ3v) is 6.07. The van der Waals surface area contributed by atoms with E-state index in [4.69, 9.17) is 4.74 Å². The van der Waals surface area contributed by atoms with Crippen molar-refractivity contribution in [2.45, 2.75) is 44.7 Å². The minimum Gasteiger partial charge on any atom is -0.448 e. The molecule has 1 aliphatic heterocycles. The van der Waals surface area contributed by atoms with Crippen molar-refractivity contribution in [3.63, 3.8) is 0 Å². The molecule has 170 valence electrons. The average Bonchev–Trinajstić information content (AvgIpc) is 3.23. The Morgan fingerprint density at radius 3 is 2.56 bits per heavy atom. The number of hydrogen-bond donors (Lipinski definition) is 5. The molecule has 32 heavy (non-hydrogen) atoms. The summed E-state index contributed by atoms with van der Waals surface area (Å²) in [6, 6.07) is 8.82. The van der Waals surface area contributed by atoms with Crippen molar-refractivity contribution in [2.75, 3.05) is 11.5 Å².